The van der Waals surface area contributed by atoms with Crippen molar-refractivity contribution in [3.05, 3.63) is 69.8 Å². The van der Waals surface area contributed by atoms with E-state index in [0.717, 1.165) is 41.1 Å². The first-order valence-electron chi connectivity index (χ1n) is 8.64. The van der Waals surface area contributed by atoms with E-state index in [1.807, 2.05) is 35.1 Å². The lowest BCUT2D eigenvalue weighted by atomic mass is 9.93. The molecule has 26 heavy (non-hydrogen) atoms. The molecule has 134 valence electrons. The van der Waals surface area contributed by atoms with E-state index in [0.29, 0.717) is 12.2 Å². The Morgan fingerprint density at radius 2 is 2.27 bits per heavy atom. The first-order valence-corrected chi connectivity index (χ1v) is 9.02. The van der Waals surface area contributed by atoms with Gasteiger partial charge < -0.3 is 9.84 Å². The highest BCUT2D eigenvalue weighted by Crippen LogP contribution is 2.30. The van der Waals surface area contributed by atoms with E-state index in [2.05, 4.69) is 15.6 Å². The predicted molar refractivity (Wildman–Crippen MR) is 97.2 cm³/mol. The number of hydrogen-bond donors (Lipinski definition) is 1. The van der Waals surface area contributed by atoms with Crippen molar-refractivity contribution in [2.45, 2.75) is 38.8 Å². The van der Waals surface area contributed by atoms with Crippen molar-refractivity contribution in [1.29, 1.82) is 0 Å². The molecule has 0 fully saturated rings. The number of rotatable bonds is 4. The molecule has 0 radical (unpaired) electrons. The molecule has 2 aromatic heterocycles. The zero-order valence-electron chi connectivity index (χ0n) is 14.4. The molecule has 0 spiro atoms. The largest absolute Gasteiger partial charge is 0.351 e. The second-order valence-electron chi connectivity index (χ2n) is 6.55. The van der Waals surface area contributed by atoms with Crippen molar-refractivity contribution < 1.29 is 9.32 Å². The summed E-state index contributed by atoms with van der Waals surface area (Å²) in [5.74, 6) is -0.0135. The van der Waals surface area contributed by atoms with E-state index >= 15 is 0 Å². The van der Waals surface area contributed by atoms with Crippen LogP contribution >= 0.6 is 11.6 Å². The van der Waals surface area contributed by atoms with Crippen molar-refractivity contribution in [3.8, 4) is 0 Å². The molecule has 1 aromatic carbocycles. The summed E-state index contributed by atoms with van der Waals surface area (Å²) in [5, 5.41) is 12.1. The number of carbonyl (C=O) groups excluding carboxylic acids is 1. The monoisotopic (exact) mass is 370 g/mol. The van der Waals surface area contributed by atoms with Gasteiger partial charge in [0.25, 0.3) is 5.91 Å². The van der Waals surface area contributed by atoms with Gasteiger partial charge in [0, 0.05) is 22.3 Å². The van der Waals surface area contributed by atoms with Crippen LogP contribution < -0.4 is 5.32 Å². The van der Waals surface area contributed by atoms with Crippen LogP contribution in [-0.2, 0) is 13.0 Å². The van der Waals surface area contributed by atoms with Crippen molar-refractivity contribution >= 4 is 17.5 Å². The molecule has 1 aliphatic rings. The maximum absolute atomic E-state index is 12.4. The van der Waals surface area contributed by atoms with Crippen molar-refractivity contribution in [2.75, 3.05) is 0 Å². The van der Waals surface area contributed by atoms with E-state index in [4.69, 9.17) is 16.1 Å². The zero-order chi connectivity index (χ0) is 18.1. The first kappa shape index (κ1) is 16.8. The third-order valence-corrected chi connectivity index (χ3v) is 5.07. The highest BCUT2D eigenvalue weighted by Gasteiger charge is 2.27. The standard InChI is InChI=1S/C19H19ClN4O2/c1-12-9-18(26-23-12)19(25)22-16-7-4-8-17-14(16)10-21-24(17)11-13-5-2-3-6-15(13)20/h2-3,5-6,9-10,16H,4,7-8,11H2,1H3,(H,22,25). The SMILES string of the molecule is Cc1cc(C(=O)NC2CCCc3c2cnn3Cc2ccccc2Cl)on1. The summed E-state index contributed by atoms with van der Waals surface area (Å²) in [6.45, 7) is 2.41. The molecule has 4 rings (SSSR count). The maximum Gasteiger partial charge on any atom is 0.290 e. The van der Waals surface area contributed by atoms with Crippen LogP contribution in [0.15, 0.2) is 41.1 Å². The highest BCUT2D eigenvalue weighted by molar-refractivity contribution is 6.31. The van der Waals surface area contributed by atoms with Crippen LogP contribution in [0.5, 0.6) is 0 Å². The van der Waals surface area contributed by atoms with E-state index < -0.39 is 0 Å². The van der Waals surface area contributed by atoms with Crippen LogP contribution in [-0.4, -0.2) is 20.8 Å². The number of aryl methyl sites for hydroxylation is 1. The van der Waals surface area contributed by atoms with Gasteiger partial charge in [-0.3, -0.25) is 9.48 Å². The van der Waals surface area contributed by atoms with Crippen LogP contribution in [0.3, 0.4) is 0 Å². The van der Waals surface area contributed by atoms with Gasteiger partial charge in [-0.15, -0.1) is 0 Å². The number of hydrogen-bond acceptors (Lipinski definition) is 4. The average Bonchev–Trinajstić information content (AvgIpc) is 3.24. The summed E-state index contributed by atoms with van der Waals surface area (Å²) in [4.78, 5) is 12.4. The number of carbonyl (C=O) groups is 1. The highest BCUT2D eigenvalue weighted by atomic mass is 35.5. The lowest BCUT2D eigenvalue weighted by Gasteiger charge is -2.24. The van der Waals surface area contributed by atoms with Gasteiger partial charge in [-0.2, -0.15) is 5.10 Å². The van der Waals surface area contributed by atoms with Gasteiger partial charge in [0.15, 0.2) is 0 Å². The van der Waals surface area contributed by atoms with Gasteiger partial charge in [-0.1, -0.05) is 35.0 Å². The molecular formula is C19H19ClN4O2. The molecule has 1 N–H and O–H groups in total. The number of amides is 1. The minimum atomic E-state index is -0.248. The van der Waals surface area contributed by atoms with Gasteiger partial charge in [-0.05, 0) is 37.8 Å². The third-order valence-electron chi connectivity index (χ3n) is 4.70. The number of benzene rings is 1. The number of nitrogens with one attached hydrogen (secondary N) is 1. The third kappa shape index (κ3) is 3.24. The molecule has 0 aliphatic heterocycles. The van der Waals surface area contributed by atoms with Gasteiger partial charge in [0.1, 0.15) is 0 Å². The second-order valence-corrected chi connectivity index (χ2v) is 6.95. The van der Waals surface area contributed by atoms with Crippen LogP contribution in [0.4, 0.5) is 0 Å². The van der Waals surface area contributed by atoms with E-state index in [-0.39, 0.29) is 17.7 Å². The fourth-order valence-corrected chi connectivity index (χ4v) is 3.59. The smallest absolute Gasteiger partial charge is 0.290 e. The molecule has 0 saturated heterocycles. The Bertz CT molecular complexity index is 947. The van der Waals surface area contributed by atoms with Crippen LogP contribution in [0.2, 0.25) is 5.02 Å². The number of fused-ring (bicyclic) bond motifs is 1. The fourth-order valence-electron chi connectivity index (χ4n) is 3.39. The van der Waals surface area contributed by atoms with E-state index in [1.165, 1.54) is 0 Å². The Hall–Kier alpha value is -2.60. The zero-order valence-corrected chi connectivity index (χ0v) is 15.2. The fraction of sp³-hybridized carbons (Fsp3) is 0.316. The lowest BCUT2D eigenvalue weighted by molar-refractivity contribution is 0.0895. The Morgan fingerprint density at radius 1 is 1.42 bits per heavy atom. The Labute approximate surface area is 156 Å². The quantitative estimate of drug-likeness (QED) is 0.760. The maximum atomic E-state index is 12.4. The Balaban J connectivity index is 1.55. The summed E-state index contributed by atoms with van der Waals surface area (Å²) in [6, 6.07) is 9.34. The molecular weight excluding hydrogens is 352 g/mol. The van der Waals surface area contributed by atoms with Gasteiger partial charge in [0.05, 0.1) is 24.5 Å². The Kier molecular flexibility index (Phi) is 4.51. The van der Waals surface area contributed by atoms with Gasteiger partial charge in [0.2, 0.25) is 5.76 Å². The average molecular weight is 371 g/mol. The second kappa shape index (κ2) is 6.96. The van der Waals surface area contributed by atoms with E-state index in [1.54, 1.807) is 13.0 Å². The Morgan fingerprint density at radius 3 is 3.04 bits per heavy atom. The van der Waals surface area contributed by atoms with Crippen LogP contribution in [0, 0.1) is 6.92 Å². The molecule has 7 heteroatoms. The number of halogens is 1. The van der Waals surface area contributed by atoms with E-state index in [9.17, 15) is 4.79 Å². The number of aromatic nitrogens is 3. The molecule has 0 saturated carbocycles. The molecule has 1 amide bonds. The summed E-state index contributed by atoms with van der Waals surface area (Å²) in [7, 11) is 0. The van der Waals surface area contributed by atoms with Crippen LogP contribution in [0.25, 0.3) is 0 Å². The van der Waals surface area contributed by atoms with Gasteiger partial charge in [-0.25, -0.2) is 0 Å². The lowest BCUT2D eigenvalue weighted by Crippen LogP contribution is -2.30. The van der Waals surface area contributed by atoms with Gasteiger partial charge >= 0.3 is 0 Å². The normalized spacial score (nSPS) is 16.3. The minimum Gasteiger partial charge on any atom is -0.351 e. The summed E-state index contributed by atoms with van der Waals surface area (Å²) in [6.07, 6.45) is 4.65. The molecule has 1 atom stereocenters. The summed E-state index contributed by atoms with van der Waals surface area (Å²) >= 11 is 6.28. The minimum absolute atomic E-state index is 0.0725. The molecule has 1 aliphatic carbocycles. The number of nitrogens with zero attached hydrogens (tertiary/aromatic N) is 3. The van der Waals surface area contributed by atoms with Crippen molar-refractivity contribution in [3.63, 3.8) is 0 Å². The molecule has 3 aromatic rings. The molecule has 1 unspecified atom stereocenters. The predicted octanol–water partition coefficient (Wildman–Crippen LogP) is 3.69. The van der Waals surface area contributed by atoms with Crippen molar-refractivity contribution in [2.24, 2.45) is 0 Å². The summed E-state index contributed by atoms with van der Waals surface area (Å²) < 4.78 is 7.04. The van der Waals surface area contributed by atoms with Crippen LogP contribution in [0.1, 0.15) is 52.0 Å². The molecule has 0 bridgehead atoms. The molecule has 6 nitrogen and oxygen atoms in total. The first-order chi connectivity index (χ1) is 12.6. The topological polar surface area (TPSA) is 73.0 Å². The molecule has 2 heterocycles. The van der Waals surface area contributed by atoms with Crippen molar-refractivity contribution in [1.82, 2.24) is 20.3 Å². The summed E-state index contributed by atoms with van der Waals surface area (Å²) in [5.41, 5.74) is 3.93.